The van der Waals surface area contributed by atoms with Gasteiger partial charge >= 0.3 is 0 Å². The zero-order chi connectivity index (χ0) is 12.4. The molecule has 0 aliphatic carbocycles. The van der Waals surface area contributed by atoms with Crippen LogP contribution in [0.1, 0.15) is 11.1 Å². The number of aryl methyl sites for hydroxylation is 2. The molecule has 4 heteroatoms. The Bertz CT molecular complexity index is 419. The van der Waals surface area contributed by atoms with Gasteiger partial charge in [-0.15, -0.1) is 0 Å². The Labute approximate surface area is 103 Å². The number of guanidine groups is 1. The van der Waals surface area contributed by atoms with Crippen molar-refractivity contribution in [3.8, 4) is 0 Å². The minimum absolute atomic E-state index is 0.185. The number of nitrogens with zero attached hydrogens (tertiary/aromatic N) is 2. The molecule has 0 radical (unpaired) electrons. The van der Waals surface area contributed by atoms with E-state index in [0.717, 1.165) is 26.2 Å². The first kappa shape index (κ1) is 11.8. The normalized spacial score (nSPS) is 16.1. The zero-order valence-electron chi connectivity index (χ0n) is 10.5. The van der Waals surface area contributed by atoms with E-state index in [1.54, 1.807) is 0 Å². The van der Waals surface area contributed by atoms with Crippen molar-refractivity contribution < 1.29 is 0 Å². The molecular weight excluding hydrogens is 212 g/mol. The maximum Gasteiger partial charge on any atom is 0.188 e. The molecule has 0 saturated carbocycles. The molecule has 0 unspecified atom stereocenters. The molecule has 0 aromatic heterocycles. The van der Waals surface area contributed by atoms with Crippen LogP contribution in [-0.4, -0.2) is 37.0 Å². The number of anilines is 1. The molecule has 3 N–H and O–H groups in total. The summed E-state index contributed by atoms with van der Waals surface area (Å²) in [4.78, 5) is 4.27. The second-order valence-corrected chi connectivity index (χ2v) is 4.63. The smallest absolute Gasteiger partial charge is 0.188 e. The number of hydrogen-bond acceptors (Lipinski definition) is 2. The van der Waals surface area contributed by atoms with E-state index in [1.807, 2.05) is 4.90 Å². The van der Waals surface area contributed by atoms with Gasteiger partial charge in [-0.3, -0.25) is 5.41 Å². The molecule has 1 heterocycles. The first-order chi connectivity index (χ1) is 8.08. The summed E-state index contributed by atoms with van der Waals surface area (Å²) in [6.45, 7) is 7.81. The summed E-state index contributed by atoms with van der Waals surface area (Å²) in [5.41, 5.74) is 9.42. The standard InChI is InChI=1S/C13H20N4/c1-10-3-4-12(9-11(10)2)16-5-7-17(8-6-16)13(14)15/h3-4,9H,5-8H2,1-2H3,(H3,14,15). The first-order valence-corrected chi connectivity index (χ1v) is 5.99. The van der Waals surface area contributed by atoms with E-state index in [2.05, 4.69) is 36.9 Å². The van der Waals surface area contributed by atoms with Gasteiger partial charge < -0.3 is 15.5 Å². The highest BCUT2D eigenvalue weighted by Crippen LogP contribution is 2.20. The van der Waals surface area contributed by atoms with Crippen LogP contribution in [0.4, 0.5) is 5.69 Å². The second-order valence-electron chi connectivity index (χ2n) is 4.63. The molecule has 2 rings (SSSR count). The summed E-state index contributed by atoms with van der Waals surface area (Å²) >= 11 is 0. The summed E-state index contributed by atoms with van der Waals surface area (Å²) in [5, 5.41) is 7.41. The van der Waals surface area contributed by atoms with E-state index in [9.17, 15) is 0 Å². The van der Waals surface area contributed by atoms with Crippen molar-refractivity contribution in [3.05, 3.63) is 29.3 Å². The van der Waals surface area contributed by atoms with Gasteiger partial charge in [0.1, 0.15) is 0 Å². The number of benzene rings is 1. The lowest BCUT2D eigenvalue weighted by Crippen LogP contribution is -2.50. The Morgan fingerprint density at radius 3 is 2.29 bits per heavy atom. The number of hydrogen-bond donors (Lipinski definition) is 2. The highest BCUT2D eigenvalue weighted by Gasteiger charge is 2.17. The van der Waals surface area contributed by atoms with Crippen molar-refractivity contribution in [1.82, 2.24) is 4.90 Å². The lowest BCUT2D eigenvalue weighted by atomic mass is 10.1. The summed E-state index contributed by atoms with van der Waals surface area (Å²) in [6, 6.07) is 6.58. The van der Waals surface area contributed by atoms with Crippen molar-refractivity contribution in [2.45, 2.75) is 13.8 Å². The molecule has 1 saturated heterocycles. The summed E-state index contributed by atoms with van der Waals surface area (Å²) in [6.07, 6.45) is 0. The largest absolute Gasteiger partial charge is 0.370 e. The Morgan fingerprint density at radius 1 is 1.12 bits per heavy atom. The van der Waals surface area contributed by atoms with Crippen LogP contribution >= 0.6 is 0 Å². The monoisotopic (exact) mass is 232 g/mol. The van der Waals surface area contributed by atoms with Gasteiger partial charge in [0, 0.05) is 31.9 Å². The summed E-state index contributed by atoms with van der Waals surface area (Å²) in [5.74, 6) is 0.185. The fourth-order valence-corrected chi connectivity index (χ4v) is 2.13. The Hall–Kier alpha value is -1.71. The van der Waals surface area contributed by atoms with Gasteiger partial charge in [0.2, 0.25) is 0 Å². The van der Waals surface area contributed by atoms with Crippen molar-refractivity contribution in [3.63, 3.8) is 0 Å². The second kappa shape index (κ2) is 4.65. The molecule has 92 valence electrons. The minimum Gasteiger partial charge on any atom is -0.370 e. The Kier molecular flexibility index (Phi) is 3.22. The van der Waals surface area contributed by atoms with Gasteiger partial charge in [0.25, 0.3) is 0 Å². The molecule has 4 nitrogen and oxygen atoms in total. The van der Waals surface area contributed by atoms with Crippen molar-refractivity contribution >= 4 is 11.6 Å². The van der Waals surface area contributed by atoms with E-state index < -0.39 is 0 Å². The molecule has 1 aromatic rings. The van der Waals surface area contributed by atoms with Gasteiger partial charge in [-0.2, -0.15) is 0 Å². The number of nitrogens with one attached hydrogen (secondary N) is 1. The first-order valence-electron chi connectivity index (χ1n) is 5.99. The molecule has 0 amide bonds. The predicted molar refractivity (Wildman–Crippen MR) is 71.6 cm³/mol. The highest BCUT2D eigenvalue weighted by molar-refractivity contribution is 5.75. The van der Waals surface area contributed by atoms with Crippen LogP contribution in [0, 0.1) is 19.3 Å². The van der Waals surface area contributed by atoms with Gasteiger partial charge in [-0.05, 0) is 37.1 Å². The van der Waals surface area contributed by atoms with Crippen LogP contribution in [0.5, 0.6) is 0 Å². The maximum absolute atomic E-state index is 7.41. The van der Waals surface area contributed by atoms with Crippen LogP contribution in [-0.2, 0) is 0 Å². The SMILES string of the molecule is Cc1ccc(N2CCN(C(=N)N)CC2)cc1C. The molecule has 0 spiro atoms. The minimum atomic E-state index is 0.185. The van der Waals surface area contributed by atoms with Crippen LogP contribution in [0.25, 0.3) is 0 Å². The fraction of sp³-hybridized carbons (Fsp3) is 0.462. The van der Waals surface area contributed by atoms with E-state index >= 15 is 0 Å². The molecule has 1 aliphatic heterocycles. The third-order valence-corrected chi connectivity index (χ3v) is 3.48. The molecule has 1 aromatic carbocycles. The van der Waals surface area contributed by atoms with Gasteiger partial charge in [-0.25, -0.2) is 0 Å². The van der Waals surface area contributed by atoms with Crippen molar-refractivity contribution in [2.24, 2.45) is 5.73 Å². The van der Waals surface area contributed by atoms with E-state index in [0.29, 0.717) is 0 Å². The molecular formula is C13H20N4. The topological polar surface area (TPSA) is 56.4 Å². The summed E-state index contributed by atoms with van der Waals surface area (Å²) < 4.78 is 0. The number of nitrogens with two attached hydrogens (primary N) is 1. The maximum atomic E-state index is 7.41. The van der Waals surface area contributed by atoms with Crippen LogP contribution in [0.3, 0.4) is 0 Å². The van der Waals surface area contributed by atoms with E-state index in [-0.39, 0.29) is 5.96 Å². The lowest BCUT2D eigenvalue weighted by molar-refractivity contribution is 0.380. The van der Waals surface area contributed by atoms with Crippen LogP contribution < -0.4 is 10.6 Å². The predicted octanol–water partition coefficient (Wildman–Crippen LogP) is 1.32. The number of piperazine rings is 1. The van der Waals surface area contributed by atoms with E-state index in [4.69, 9.17) is 11.1 Å². The van der Waals surface area contributed by atoms with Gasteiger partial charge in [0.15, 0.2) is 5.96 Å². The van der Waals surface area contributed by atoms with Crippen molar-refractivity contribution in [1.29, 1.82) is 5.41 Å². The Morgan fingerprint density at radius 2 is 1.76 bits per heavy atom. The average Bonchev–Trinajstić information content (AvgIpc) is 2.33. The summed E-state index contributed by atoms with van der Waals surface area (Å²) in [7, 11) is 0. The molecule has 0 atom stereocenters. The molecule has 1 fully saturated rings. The van der Waals surface area contributed by atoms with Crippen LogP contribution in [0.2, 0.25) is 0 Å². The average molecular weight is 232 g/mol. The third-order valence-electron chi connectivity index (χ3n) is 3.48. The van der Waals surface area contributed by atoms with Crippen LogP contribution in [0.15, 0.2) is 18.2 Å². The third kappa shape index (κ3) is 2.52. The molecule has 17 heavy (non-hydrogen) atoms. The number of rotatable bonds is 1. The molecule has 0 bridgehead atoms. The highest BCUT2D eigenvalue weighted by atomic mass is 15.3. The zero-order valence-corrected chi connectivity index (χ0v) is 10.5. The van der Waals surface area contributed by atoms with Gasteiger partial charge in [0.05, 0.1) is 0 Å². The Balaban J connectivity index is 2.05. The lowest BCUT2D eigenvalue weighted by Gasteiger charge is -2.36. The fourth-order valence-electron chi connectivity index (χ4n) is 2.13. The van der Waals surface area contributed by atoms with Crippen molar-refractivity contribution in [2.75, 3.05) is 31.1 Å². The molecule has 1 aliphatic rings. The van der Waals surface area contributed by atoms with E-state index in [1.165, 1.54) is 16.8 Å². The quantitative estimate of drug-likeness (QED) is 0.567. The van der Waals surface area contributed by atoms with Gasteiger partial charge in [-0.1, -0.05) is 6.07 Å².